The summed E-state index contributed by atoms with van der Waals surface area (Å²) in [6.45, 7) is 6.97. The van der Waals surface area contributed by atoms with E-state index in [0.717, 1.165) is 25.5 Å². The maximum Gasteiger partial charge on any atom is 0.254 e. The Hall–Kier alpha value is -1.65. The van der Waals surface area contributed by atoms with Crippen molar-refractivity contribution in [1.29, 1.82) is 0 Å². The van der Waals surface area contributed by atoms with Crippen molar-refractivity contribution >= 4 is 11.9 Å². The van der Waals surface area contributed by atoms with Crippen LogP contribution in [0.5, 0.6) is 0 Å². The van der Waals surface area contributed by atoms with Crippen molar-refractivity contribution < 1.29 is 4.79 Å². The minimum atomic E-state index is -0.0968. The van der Waals surface area contributed by atoms with E-state index < -0.39 is 0 Å². The van der Waals surface area contributed by atoms with Crippen LogP contribution < -0.4 is 10.2 Å². The summed E-state index contributed by atoms with van der Waals surface area (Å²) in [5.41, 5.74) is 0.530. The van der Waals surface area contributed by atoms with Gasteiger partial charge in [-0.3, -0.25) is 4.79 Å². The van der Waals surface area contributed by atoms with Crippen LogP contribution in [0.3, 0.4) is 0 Å². The van der Waals surface area contributed by atoms with Gasteiger partial charge in [0, 0.05) is 32.0 Å². The average molecular weight is 262 g/mol. The van der Waals surface area contributed by atoms with Crippen molar-refractivity contribution in [3.8, 4) is 0 Å². The van der Waals surface area contributed by atoms with Gasteiger partial charge in [-0.15, -0.1) is 0 Å². The Labute approximate surface area is 114 Å². The highest BCUT2D eigenvalue weighted by molar-refractivity contribution is 5.93. The maximum atomic E-state index is 11.7. The molecule has 0 aromatic carbocycles. The van der Waals surface area contributed by atoms with Crippen molar-refractivity contribution in [3.05, 3.63) is 18.0 Å². The number of piperidine rings is 1. The number of aromatic nitrogens is 2. The number of carbonyl (C=O) groups is 1. The summed E-state index contributed by atoms with van der Waals surface area (Å²) in [7, 11) is 0. The minimum absolute atomic E-state index is 0.0968. The molecule has 1 aliphatic heterocycles. The van der Waals surface area contributed by atoms with Crippen LogP contribution in [0, 0.1) is 5.92 Å². The maximum absolute atomic E-state index is 11.7. The molecule has 0 radical (unpaired) electrons. The first-order chi connectivity index (χ1) is 9.20. The van der Waals surface area contributed by atoms with Gasteiger partial charge in [0.05, 0.1) is 5.56 Å². The zero-order valence-corrected chi connectivity index (χ0v) is 11.7. The molecule has 5 heteroatoms. The van der Waals surface area contributed by atoms with Gasteiger partial charge in [-0.25, -0.2) is 9.97 Å². The molecule has 104 valence electrons. The number of nitrogens with one attached hydrogen (secondary N) is 1. The van der Waals surface area contributed by atoms with Crippen LogP contribution >= 0.6 is 0 Å². The molecule has 0 spiro atoms. The SMILES string of the molecule is CCCNC(=O)c1cnc(N2CCCC(C)C2)nc1. The summed E-state index contributed by atoms with van der Waals surface area (Å²) in [6, 6.07) is 0. The molecular weight excluding hydrogens is 240 g/mol. The molecule has 5 nitrogen and oxygen atoms in total. The van der Waals surface area contributed by atoms with Gasteiger partial charge in [-0.2, -0.15) is 0 Å². The summed E-state index contributed by atoms with van der Waals surface area (Å²) >= 11 is 0. The van der Waals surface area contributed by atoms with Gasteiger partial charge >= 0.3 is 0 Å². The van der Waals surface area contributed by atoms with E-state index in [9.17, 15) is 4.79 Å². The smallest absolute Gasteiger partial charge is 0.254 e. The van der Waals surface area contributed by atoms with E-state index in [0.29, 0.717) is 18.0 Å². The minimum Gasteiger partial charge on any atom is -0.352 e. The molecule has 0 saturated carbocycles. The van der Waals surface area contributed by atoms with Gasteiger partial charge in [0.25, 0.3) is 5.91 Å². The first-order valence-electron chi connectivity index (χ1n) is 7.06. The van der Waals surface area contributed by atoms with Gasteiger partial charge in [0.1, 0.15) is 0 Å². The zero-order chi connectivity index (χ0) is 13.7. The van der Waals surface area contributed by atoms with Crippen LogP contribution in [-0.2, 0) is 0 Å². The normalized spacial score (nSPS) is 19.3. The third kappa shape index (κ3) is 3.66. The van der Waals surface area contributed by atoms with E-state index >= 15 is 0 Å². The lowest BCUT2D eigenvalue weighted by atomic mass is 10.0. The van der Waals surface area contributed by atoms with E-state index in [-0.39, 0.29) is 5.91 Å². The molecule has 1 atom stereocenters. The Morgan fingerprint density at radius 1 is 1.47 bits per heavy atom. The molecule has 2 rings (SSSR count). The molecule has 1 saturated heterocycles. The van der Waals surface area contributed by atoms with Crippen LogP contribution in [0.1, 0.15) is 43.5 Å². The molecule has 1 amide bonds. The summed E-state index contributed by atoms with van der Waals surface area (Å²) in [4.78, 5) is 22.6. The number of nitrogens with zero attached hydrogens (tertiary/aromatic N) is 3. The van der Waals surface area contributed by atoms with Gasteiger partial charge in [-0.05, 0) is 25.2 Å². The predicted octanol–water partition coefficient (Wildman–Crippen LogP) is 1.85. The number of carbonyl (C=O) groups excluding carboxylic acids is 1. The molecule has 1 fully saturated rings. The molecule has 0 bridgehead atoms. The van der Waals surface area contributed by atoms with Crippen molar-refractivity contribution in [1.82, 2.24) is 15.3 Å². The molecule has 1 aliphatic rings. The van der Waals surface area contributed by atoms with Gasteiger partial charge in [-0.1, -0.05) is 13.8 Å². The number of rotatable bonds is 4. The third-order valence-electron chi connectivity index (χ3n) is 3.38. The summed E-state index contributed by atoms with van der Waals surface area (Å²) < 4.78 is 0. The molecule has 1 aromatic rings. The fourth-order valence-corrected chi connectivity index (χ4v) is 2.31. The molecule has 1 N–H and O–H groups in total. The Balaban J connectivity index is 1.99. The molecule has 0 aliphatic carbocycles. The van der Waals surface area contributed by atoms with Crippen molar-refractivity contribution in [2.75, 3.05) is 24.5 Å². The highest BCUT2D eigenvalue weighted by atomic mass is 16.1. The van der Waals surface area contributed by atoms with E-state index in [1.807, 2.05) is 6.92 Å². The largest absolute Gasteiger partial charge is 0.352 e. The highest BCUT2D eigenvalue weighted by Crippen LogP contribution is 2.19. The zero-order valence-electron chi connectivity index (χ0n) is 11.7. The van der Waals surface area contributed by atoms with Gasteiger partial charge < -0.3 is 10.2 Å². The number of hydrogen-bond donors (Lipinski definition) is 1. The van der Waals surface area contributed by atoms with E-state index in [2.05, 4.69) is 27.1 Å². The van der Waals surface area contributed by atoms with Crippen LogP contribution in [-0.4, -0.2) is 35.5 Å². The summed E-state index contributed by atoms with van der Waals surface area (Å²) in [5, 5.41) is 2.82. The monoisotopic (exact) mass is 262 g/mol. The fraction of sp³-hybridized carbons (Fsp3) is 0.643. The summed E-state index contributed by atoms with van der Waals surface area (Å²) in [5.74, 6) is 1.32. The molecular formula is C14H22N4O. The van der Waals surface area contributed by atoms with E-state index in [1.54, 1.807) is 12.4 Å². The number of anilines is 1. The lowest BCUT2D eigenvalue weighted by molar-refractivity contribution is 0.0953. The van der Waals surface area contributed by atoms with E-state index in [1.165, 1.54) is 12.8 Å². The van der Waals surface area contributed by atoms with Crippen molar-refractivity contribution in [2.24, 2.45) is 5.92 Å². The Morgan fingerprint density at radius 2 is 2.21 bits per heavy atom. The second-order valence-corrected chi connectivity index (χ2v) is 5.22. The number of hydrogen-bond acceptors (Lipinski definition) is 4. The lowest BCUT2D eigenvalue weighted by Crippen LogP contribution is -2.35. The highest BCUT2D eigenvalue weighted by Gasteiger charge is 2.18. The quantitative estimate of drug-likeness (QED) is 0.899. The van der Waals surface area contributed by atoms with Crippen molar-refractivity contribution in [3.63, 3.8) is 0 Å². The summed E-state index contributed by atoms with van der Waals surface area (Å²) in [6.07, 6.45) is 6.62. The number of amides is 1. The van der Waals surface area contributed by atoms with Gasteiger partial charge in [0.15, 0.2) is 0 Å². The van der Waals surface area contributed by atoms with Crippen LogP contribution in [0.2, 0.25) is 0 Å². The topological polar surface area (TPSA) is 58.1 Å². The first-order valence-corrected chi connectivity index (χ1v) is 7.06. The molecule has 1 aromatic heterocycles. The predicted molar refractivity (Wildman–Crippen MR) is 75.3 cm³/mol. The molecule has 1 unspecified atom stereocenters. The Morgan fingerprint density at radius 3 is 2.84 bits per heavy atom. The Kier molecular flexibility index (Phi) is 4.71. The van der Waals surface area contributed by atoms with E-state index in [4.69, 9.17) is 0 Å². The third-order valence-corrected chi connectivity index (χ3v) is 3.38. The first kappa shape index (κ1) is 13.8. The van der Waals surface area contributed by atoms with Gasteiger partial charge in [0.2, 0.25) is 5.95 Å². The standard InChI is InChI=1S/C14H22N4O/c1-3-6-15-13(19)12-8-16-14(17-9-12)18-7-4-5-11(2)10-18/h8-9,11H,3-7,10H2,1-2H3,(H,15,19). The second kappa shape index (κ2) is 6.50. The fourth-order valence-electron chi connectivity index (χ4n) is 2.31. The van der Waals surface area contributed by atoms with Crippen LogP contribution in [0.4, 0.5) is 5.95 Å². The second-order valence-electron chi connectivity index (χ2n) is 5.22. The molecule has 19 heavy (non-hydrogen) atoms. The van der Waals surface area contributed by atoms with Crippen molar-refractivity contribution in [2.45, 2.75) is 33.1 Å². The Bertz CT molecular complexity index is 418. The average Bonchev–Trinajstić information content (AvgIpc) is 2.45. The van der Waals surface area contributed by atoms with Crippen LogP contribution in [0.25, 0.3) is 0 Å². The molecule has 2 heterocycles. The lowest BCUT2D eigenvalue weighted by Gasteiger charge is -2.30. The van der Waals surface area contributed by atoms with Crippen LogP contribution in [0.15, 0.2) is 12.4 Å².